The molecule has 0 amide bonds. The van der Waals surface area contributed by atoms with Crippen molar-refractivity contribution in [2.75, 3.05) is 0 Å². The molecule has 1 atom stereocenters. The van der Waals surface area contributed by atoms with E-state index in [1.807, 2.05) is 26.8 Å². The van der Waals surface area contributed by atoms with E-state index in [0.717, 1.165) is 5.56 Å². The molecule has 0 aliphatic rings. The summed E-state index contributed by atoms with van der Waals surface area (Å²) in [6.45, 7) is 10.2. The van der Waals surface area contributed by atoms with Gasteiger partial charge in [-0.1, -0.05) is 72.8 Å². The lowest BCUT2D eigenvalue weighted by atomic mass is 10.2. The lowest BCUT2D eigenvalue weighted by Crippen LogP contribution is -2.26. The highest BCUT2D eigenvalue weighted by Crippen LogP contribution is 2.36. The highest BCUT2D eigenvalue weighted by molar-refractivity contribution is 7.85. The summed E-state index contributed by atoms with van der Waals surface area (Å²) >= 11 is 0. The van der Waals surface area contributed by atoms with E-state index < -0.39 is 18.9 Å². The quantitative estimate of drug-likeness (QED) is 0.424. The topological polar surface area (TPSA) is 29.4 Å². The third-order valence-electron chi connectivity index (χ3n) is 4.70. The molecule has 0 aliphatic carbocycles. The van der Waals surface area contributed by atoms with Gasteiger partial charge < -0.3 is 0 Å². The van der Waals surface area contributed by atoms with Crippen LogP contribution in [0.3, 0.4) is 0 Å². The molecule has 29 heavy (non-hydrogen) atoms. The van der Waals surface area contributed by atoms with Crippen LogP contribution in [0.4, 0.5) is 0 Å². The molecular formula is C25H28NOPS. The maximum absolute atomic E-state index is 12.5. The number of benzene rings is 3. The van der Waals surface area contributed by atoms with Crippen molar-refractivity contribution in [3.05, 3.63) is 89.5 Å². The summed E-state index contributed by atoms with van der Waals surface area (Å²) in [4.78, 5) is 0. The summed E-state index contributed by atoms with van der Waals surface area (Å²) in [6, 6.07) is 25.6. The molecule has 0 N–H and O–H groups in total. The molecule has 0 heterocycles. The standard InChI is InChI=1S/C25H28NOPS/c1-19-12-6-9-15-22(19)28(23-16-10-7-13-20(23)2)24-17-11-8-14-21(24)18-26-29(27)25(3,4)5/h6-18H,1-5H3/b26-18-/t29-/m1/s1. The smallest absolute Gasteiger partial charge is 0.144 e. The van der Waals surface area contributed by atoms with Gasteiger partial charge in [0.2, 0.25) is 0 Å². The zero-order valence-electron chi connectivity index (χ0n) is 17.7. The molecule has 150 valence electrons. The van der Waals surface area contributed by atoms with E-state index in [-0.39, 0.29) is 4.75 Å². The van der Waals surface area contributed by atoms with Crippen molar-refractivity contribution in [2.24, 2.45) is 4.40 Å². The molecule has 0 saturated carbocycles. The Kier molecular flexibility index (Phi) is 6.82. The van der Waals surface area contributed by atoms with E-state index in [4.69, 9.17) is 0 Å². The zero-order chi connectivity index (χ0) is 21.0. The number of aryl methyl sites for hydroxylation is 2. The van der Waals surface area contributed by atoms with Crippen molar-refractivity contribution in [1.29, 1.82) is 0 Å². The van der Waals surface area contributed by atoms with Crippen LogP contribution in [0.1, 0.15) is 37.5 Å². The number of rotatable bonds is 5. The van der Waals surface area contributed by atoms with Crippen LogP contribution in [-0.4, -0.2) is 15.2 Å². The van der Waals surface area contributed by atoms with Gasteiger partial charge in [-0.2, -0.15) is 4.40 Å². The number of hydrogen-bond donors (Lipinski definition) is 0. The first-order chi connectivity index (χ1) is 13.8. The molecule has 0 aromatic heterocycles. The Morgan fingerprint density at radius 2 is 1.21 bits per heavy atom. The van der Waals surface area contributed by atoms with Crippen LogP contribution in [0.15, 0.2) is 77.2 Å². The molecule has 0 spiro atoms. The van der Waals surface area contributed by atoms with Crippen molar-refractivity contribution in [2.45, 2.75) is 39.4 Å². The van der Waals surface area contributed by atoms with Crippen molar-refractivity contribution in [1.82, 2.24) is 0 Å². The Labute approximate surface area is 178 Å². The van der Waals surface area contributed by atoms with Gasteiger partial charge >= 0.3 is 0 Å². The summed E-state index contributed by atoms with van der Waals surface area (Å²) in [5.41, 5.74) is 3.60. The highest BCUT2D eigenvalue weighted by Gasteiger charge is 2.22. The Morgan fingerprint density at radius 3 is 1.69 bits per heavy atom. The first-order valence-electron chi connectivity index (χ1n) is 9.75. The molecule has 0 unspecified atom stereocenters. The molecule has 0 saturated heterocycles. The lowest BCUT2D eigenvalue weighted by molar-refractivity contribution is 0.651. The molecule has 3 rings (SSSR count). The molecule has 0 aliphatic heterocycles. The van der Waals surface area contributed by atoms with Gasteiger partial charge in [0.05, 0.1) is 4.75 Å². The minimum Gasteiger partial charge on any atom is -0.234 e. The van der Waals surface area contributed by atoms with Gasteiger partial charge in [0.25, 0.3) is 0 Å². The van der Waals surface area contributed by atoms with Crippen molar-refractivity contribution < 1.29 is 4.21 Å². The fourth-order valence-corrected chi connectivity index (χ4v) is 6.34. The molecule has 4 heteroatoms. The van der Waals surface area contributed by atoms with Crippen LogP contribution >= 0.6 is 7.92 Å². The number of hydrogen-bond acceptors (Lipinski definition) is 1. The molecule has 0 fully saturated rings. The van der Waals surface area contributed by atoms with E-state index >= 15 is 0 Å². The average Bonchev–Trinajstić information content (AvgIpc) is 2.69. The van der Waals surface area contributed by atoms with E-state index in [0.29, 0.717) is 0 Å². The summed E-state index contributed by atoms with van der Waals surface area (Å²) in [6.07, 6.45) is 1.79. The summed E-state index contributed by atoms with van der Waals surface area (Å²) < 4.78 is 16.5. The van der Waals surface area contributed by atoms with Gasteiger partial charge in [-0.05, 0) is 69.6 Å². The van der Waals surface area contributed by atoms with Gasteiger partial charge in [-0.25, -0.2) is 4.21 Å². The minimum absolute atomic E-state index is 0.373. The van der Waals surface area contributed by atoms with Crippen LogP contribution in [0.5, 0.6) is 0 Å². The highest BCUT2D eigenvalue weighted by atomic mass is 32.2. The second-order valence-electron chi connectivity index (χ2n) is 8.06. The Bertz CT molecular complexity index is 1010. The fraction of sp³-hybridized carbons (Fsp3) is 0.240. The third kappa shape index (κ3) is 5.10. The molecule has 0 radical (unpaired) electrons. The maximum Gasteiger partial charge on any atom is 0.144 e. The summed E-state index contributed by atoms with van der Waals surface area (Å²) in [5, 5.41) is 3.92. The lowest BCUT2D eigenvalue weighted by Gasteiger charge is -2.24. The van der Waals surface area contributed by atoms with Gasteiger partial charge in [-0.3, -0.25) is 0 Å². The normalized spacial score (nSPS) is 13.2. The zero-order valence-corrected chi connectivity index (χ0v) is 19.4. The summed E-state index contributed by atoms with van der Waals surface area (Å²) in [5.74, 6) is 0. The van der Waals surface area contributed by atoms with Gasteiger partial charge in [-0.15, -0.1) is 0 Å². The van der Waals surface area contributed by atoms with Crippen molar-refractivity contribution >= 4 is 41.0 Å². The second kappa shape index (κ2) is 9.15. The average molecular weight is 422 g/mol. The van der Waals surface area contributed by atoms with Gasteiger partial charge in [0.15, 0.2) is 0 Å². The Balaban J connectivity index is 2.18. The minimum atomic E-state index is -1.28. The van der Waals surface area contributed by atoms with Crippen molar-refractivity contribution in [3.63, 3.8) is 0 Å². The molecule has 3 aromatic rings. The van der Waals surface area contributed by atoms with E-state index in [2.05, 4.69) is 85.0 Å². The fourth-order valence-electron chi connectivity index (χ4n) is 3.08. The Morgan fingerprint density at radius 1 is 0.759 bits per heavy atom. The second-order valence-corrected chi connectivity index (χ2v) is 12.1. The molecule has 3 aromatic carbocycles. The molecule has 2 nitrogen and oxygen atoms in total. The predicted octanol–water partition coefficient (Wildman–Crippen LogP) is 4.94. The van der Waals surface area contributed by atoms with Gasteiger partial charge in [0.1, 0.15) is 11.0 Å². The van der Waals surface area contributed by atoms with Gasteiger partial charge in [0, 0.05) is 11.8 Å². The van der Waals surface area contributed by atoms with E-state index in [1.54, 1.807) is 6.21 Å². The third-order valence-corrected chi connectivity index (χ3v) is 8.90. The van der Waals surface area contributed by atoms with Crippen molar-refractivity contribution in [3.8, 4) is 0 Å². The van der Waals surface area contributed by atoms with Crippen LogP contribution in [-0.2, 0) is 11.0 Å². The predicted molar refractivity (Wildman–Crippen MR) is 130 cm³/mol. The SMILES string of the molecule is Cc1ccccc1P(c1ccccc1C)c1ccccc1/C=N\[S@](=O)C(C)(C)C. The molecular weight excluding hydrogens is 393 g/mol. The maximum atomic E-state index is 12.5. The van der Waals surface area contributed by atoms with Crippen LogP contribution in [0.2, 0.25) is 0 Å². The largest absolute Gasteiger partial charge is 0.234 e. The van der Waals surface area contributed by atoms with Crippen LogP contribution < -0.4 is 15.9 Å². The van der Waals surface area contributed by atoms with Crippen LogP contribution in [0.25, 0.3) is 0 Å². The van der Waals surface area contributed by atoms with Crippen LogP contribution in [0, 0.1) is 13.8 Å². The Hall–Kier alpha value is -2.09. The first-order valence-corrected chi connectivity index (χ1v) is 12.2. The number of nitrogens with zero attached hydrogens (tertiary/aromatic N) is 1. The first kappa shape index (κ1) is 21.6. The monoisotopic (exact) mass is 421 g/mol. The molecule has 0 bridgehead atoms. The summed E-state index contributed by atoms with van der Waals surface area (Å²) in [7, 11) is -2.04. The van der Waals surface area contributed by atoms with E-state index in [9.17, 15) is 4.21 Å². The van der Waals surface area contributed by atoms with E-state index in [1.165, 1.54) is 27.0 Å².